The van der Waals surface area contributed by atoms with Gasteiger partial charge in [-0.1, -0.05) is 75.7 Å². The molecule has 10 aromatic carbocycles. The number of rotatable bonds is 24. The average Bonchev–Trinajstić information content (AvgIpc) is 1.56. The van der Waals surface area contributed by atoms with Crippen molar-refractivity contribution in [2.45, 2.75) is 91.1 Å². The van der Waals surface area contributed by atoms with Crippen molar-refractivity contribution in [2.24, 2.45) is 0 Å². The number of hydrogen-bond donors (Lipinski definition) is 7. The van der Waals surface area contributed by atoms with Crippen LogP contribution in [-0.4, -0.2) is 218 Å². The smallest absolute Gasteiger partial charge is 0.487 e. The number of benzene rings is 10. The molecule has 775 valence electrons. The maximum absolute atomic E-state index is 14.4. The third-order valence-corrected chi connectivity index (χ3v) is 28.3. The van der Waals surface area contributed by atoms with Crippen molar-refractivity contribution in [1.82, 2.24) is 40.0 Å². The summed E-state index contributed by atoms with van der Waals surface area (Å²) < 4.78 is 123. The Morgan fingerprint density at radius 3 is 1.01 bits per heavy atom. The van der Waals surface area contributed by atoms with Crippen molar-refractivity contribution in [3.05, 3.63) is 289 Å². The zero-order valence-corrected chi connectivity index (χ0v) is 86.6. The van der Waals surface area contributed by atoms with E-state index in [4.69, 9.17) is 50.4 Å². The third kappa shape index (κ3) is 23.5. The van der Waals surface area contributed by atoms with Crippen molar-refractivity contribution < 1.29 is 123 Å². The van der Waals surface area contributed by atoms with E-state index in [2.05, 4.69) is 107 Å². The van der Waals surface area contributed by atoms with Gasteiger partial charge in [0.25, 0.3) is 17.7 Å². The average molecular weight is 2260 g/mol. The summed E-state index contributed by atoms with van der Waals surface area (Å²) in [5, 5.41) is 34.9. The van der Waals surface area contributed by atoms with E-state index in [1.165, 1.54) is 72.8 Å². The molecule has 4 fully saturated rings. The van der Waals surface area contributed by atoms with Gasteiger partial charge in [-0.2, -0.15) is 10.2 Å². The first-order valence-corrected chi connectivity index (χ1v) is 48.2. The minimum atomic E-state index is -3.85. The molecule has 7 N–H and O–H groups in total. The monoisotopic (exact) mass is 2260 g/mol. The van der Waals surface area contributed by atoms with Crippen molar-refractivity contribution in [3.8, 4) is 57.0 Å². The fourth-order valence-electron chi connectivity index (χ4n) is 20.3. The molecule has 10 heterocycles. The molecule has 1 radical (unpaired) electrons. The van der Waals surface area contributed by atoms with E-state index < -0.39 is 69.2 Å². The molecular formula is C105H101Br2Cl3F7N15O15V. The predicted octanol–water partition coefficient (Wildman–Crippen LogP) is 20.1. The zero-order valence-electron chi connectivity index (χ0n) is 80.8. The number of aromatic nitrogens is 4. The van der Waals surface area contributed by atoms with Crippen molar-refractivity contribution >= 4 is 154 Å². The molecule has 8 aliphatic heterocycles. The number of aromatic amines is 2. The molecule has 2 aromatic heterocycles. The number of amides is 7. The van der Waals surface area contributed by atoms with Crippen LogP contribution in [0.3, 0.4) is 0 Å². The summed E-state index contributed by atoms with van der Waals surface area (Å²) in [5.41, 5.74) is -0.363. The van der Waals surface area contributed by atoms with Crippen LogP contribution in [0.15, 0.2) is 228 Å². The van der Waals surface area contributed by atoms with Gasteiger partial charge in [-0.05, 0) is 267 Å². The van der Waals surface area contributed by atoms with Gasteiger partial charge in [0.1, 0.15) is 34.5 Å². The van der Waals surface area contributed by atoms with E-state index in [1.54, 1.807) is 103 Å². The number of ether oxygens (including phenoxy) is 6. The summed E-state index contributed by atoms with van der Waals surface area (Å²) in [7, 11) is 11.8. The van der Waals surface area contributed by atoms with E-state index in [1.807, 2.05) is 107 Å². The minimum Gasteiger partial charge on any atom is -0.497 e. The first-order chi connectivity index (χ1) is 70.0. The molecule has 7 amide bonds. The van der Waals surface area contributed by atoms with Crippen LogP contribution in [0.1, 0.15) is 115 Å². The largest absolute Gasteiger partial charge is 0.497 e. The van der Waals surface area contributed by atoms with Gasteiger partial charge in [0.2, 0.25) is 23.6 Å². The fourth-order valence-corrected chi connectivity index (χ4v) is 22.2. The minimum absolute atomic E-state index is 0. The van der Waals surface area contributed by atoms with Crippen LogP contribution in [0, 0.1) is 0 Å². The van der Waals surface area contributed by atoms with Gasteiger partial charge in [0.05, 0.1) is 99.5 Å². The number of carbonyl (C=O) groups excluding carboxylic acids is 7. The number of halogens is 12. The molecule has 20 rings (SSSR count). The second kappa shape index (κ2) is 45.2. The van der Waals surface area contributed by atoms with Crippen molar-refractivity contribution in [2.75, 3.05) is 145 Å². The van der Waals surface area contributed by atoms with Crippen LogP contribution >= 0.6 is 66.7 Å². The molecular weight excluding hydrogens is 2160 g/mol. The van der Waals surface area contributed by atoms with Gasteiger partial charge in [-0.15, -0.1) is 26.3 Å². The molecule has 148 heavy (non-hydrogen) atoms. The maximum Gasteiger partial charge on any atom is 0.487 e. The molecule has 4 saturated heterocycles. The number of carbonyl (C=O) groups is 8. The number of carboxylic acid groups (broad SMARTS) is 1. The first kappa shape index (κ1) is 109. The van der Waals surface area contributed by atoms with Crippen molar-refractivity contribution in [3.63, 3.8) is 0 Å². The van der Waals surface area contributed by atoms with E-state index in [9.17, 15) is 74.2 Å². The zero-order chi connectivity index (χ0) is 105. The Hall–Kier alpha value is -13.1. The van der Waals surface area contributed by atoms with Crippen LogP contribution in [-0.2, 0) is 79.0 Å². The van der Waals surface area contributed by atoms with Gasteiger partial charge in [0.15, 0.2) is 0 Å². The number of fused-ring (bicyclic) bond motifs is 8. The number of nitrogens with one attached hydrogen (secondary N) is 6. The molecule has 30 nitrogen and oxygen atoms in total. The topological polar surface area (TPSA) is 340 Å². The fraction of sp³-hybridized carbons (Fsp3) is 0.295. The number of aromatic carboxylic acids is 1. The van der Waals surface area contributed by atoms with Crippen molar-refractivity contribution in [1.29, 1.82) is 0 Å². The number of H-pyrrole nitrogens is 2. The number of hydrogen-bond acceptors (Lipinski definition) is 20. The molecule has 4 spiro atoms. The number of alkyl halides is 10. The summed E-state index contributed by atoms with van der Waals surface area (Å²) in [5.74, 6) is -0.641. The quantitative estimate of drug-likeness (QED) is 0.0218. The molecule has 43 heteroatoms. The van der Waals surface area contributed by atoms with Gasteiger partial charge >= 0.3 is 22.7 Å². The van der Waals surface area contributed by atoms with E-state index in [0.29, 0.717) is 153 Å². The number of methoxy groups -OCH3 is 3. The summed E-state index contributed by atoms with van der Waals surface area (Å²) in [6.45, 7) is 6.51. The van der Waals surface area contributed by atoms with Crippen LogP contribution in [0.2, 0.25) is 0 Å². The van der Waals surface area contributed by atoms with Crippen LogP contribution < -0.4 is 64.4 Å². The standard InChI is InChI=1S/C31H28ClF2N5O4.C28H25BrClF2N3O4.C23H20ClF2N5O3.C21H21BrN2O4.CH3F.CH4.V/c1-38-14-12-30(18-38)27-24(25-11-13-35-37-25)15-20(28(40)36-21-5-9-23(10-6-21)43-31(32,33)34)16-26(27)39(29(30)41)17-19-3-7-22(42-2)8-4-19;1-34-12-11-27(16-34)24-22(29)13-18(25(36)33-19-5-9-21(10-6-19)39-28(30,31)32)14-23(24)35(26(27)37)15-17-3-7-20(38-2)8-4-17;1-31-9-7-22(12-31)19-16(17-6-8-27-30-17)10-13(11-18(19)29-21(22)33)20(32)28-14-2-4-15(5-3-14)34-23(24,25)26;1-23-8-7-21(12-23)18-16(22)9-14(19(25)26)10-17(18)24(20(21)27)11-13-3-5-15(28-2)6-4-13;1-2;;/h3-11,13,15-16H,12,14,17-18H2,1-2H3,(H,35,37)(H,36,40);3-10,13-14H,11-12,15-16H2,1-2H3,(H,33,36);2-6,8,10-11H,7,9,12H2,1H3,(H,27,30)(H,28,32)(H,29,33);3-6,9-10H,7-8,11-12H2,1-2H3,(H,25,26);1H3;1H4;/i;;;;1D;;. The number of nitrogens with zero attached hydrogens (tertiary/aromatic N) is 9. The van der Waals surface area contributed by atoms with E-state index in [-0.39, 0.29) is 72.4 Å². The Balaban J connectivity index is 0.000000156. The third-order valence-electron chi connectivity index (χ3n) is 26.8. The summed E-state index contributed by atoms with van der Waals surface area (Å²) in [4.78, 5) is 120. The van der Waals surface area contributed by atoms with Gasteiger partial charge < -0.3 is 89.1 Å². The molecule has 4 unspecified atom stereocenters. The van der Waals surface area contributed by atoms with Crippen LogP contribution in [0.25, 0.3) is 22.5 Å². The van der Waals surface area contributed by atoms with E-state index in [0.717, 1.165) is 88.6 Å². The Bertz CT molecular complexity index is 6970. The second-order valence-electron chi connectivity index (χ2n) is 36.3. The normalized spacial score (nSPS) is 19.0. The summed E-state index contributed by atoms with van der Waals surface area (Å²) >= 11 is 21.6. The first-order valence-electron chi connectivity index (χ1n) is 46.2. The van der Waals surface area contributed by atoms with E-state index >= 15 is 0 Å². The SMILES string of the molecule is C.CN1CCC2(C1)C(=O)Nc1cc(C(=O)Nc3ccc(OC(F)(F)Cl)cc3)cc(-c3ccn[nH]3)c12.COc1ccc(CN2C(=O)C3(CCN(C)C3)c3c(-c4ccn[nH]4)cc(C(=O)Nc4ccc(OC(F)(F)Cl)cc4)cc32)cc1.COc1ccc(CN2C(=O)C3(CCN(C)C3)c3c(Br)cc(C(=O)Nc4ccc(OC(F)(F)Cl)cc4)cc32)cc1.COc1ccc(CN2C(=O)C3(CCN(C)C3)c3c(Br)cc(C(=O)O)cc32)cc1.[2H]CF.[V]. The molecule has 0 bridgehead atoms. The number of carboxylic acids is 1. The number of likely N-dealkylation sites (tertiary alicyclic amines) is 4. The summed E-state index contributed by atoms with van der Waals surface area (Å²) in [6, 6.07) is 56.0. The van der Waals surface area contributed by atoms with Gasteiger partial charge in [0, 0.05) is 179 Å². The Kier molecular flexibility index (Phi) is 33.3. The maximum atomic E-state index is 14.4. The number of anilines is 7. The van der Waals surface area contributed by atoms with Crippen LogP contribution in [0.4, 0.5) is 70.5 Å². The van der Waals surface area contributed by atoms with Gasteiger partial charge in [-0.3, -0.25) is 48.1 Å². The summed E-state index contributed by atoms with van der Waals surface area (Å²) in [6.07, 6.45) is 5.94. The Morgan fingerprint density at radius 2 is 0.709 bits per heavy atom. The van der Waals surface area contributed by atoms with Gasteiger partial charge in [-0.25, -0.2) is 4.79 Å². The Labute approximate surface area is 892 Å². The Morgan fingerprint density at radius 1 is 0.426 bits per heavy atom. The molecule has 0 aliphatic carbocycles. The second-order valence-corrected chi connectivity index (χ2v) is 39.4. The predicted molar refractivity (Wildman–Crippen MR) is 551 cm³/mol. The molecule has 8 aliphatic rings. The molecule has 12 aromatic rings. The molecule has 4 atom stereocenters. The molecule has 0 saturated carbocycles. The van der Waals surface area contributed by atoms with Crippen LogP contribution in [0.5, 0.6) is 34.5 Å². The number of likely N-dealkylation sites (N-methyl/N-ethyl adjacent to an activating group) is 4.